The zero-order valence-electron chi connectivity index (χ0n) is 4.46. The van der Waals surface area contributed by atoms with Crippen LogP contribution in [0, 0.1) is 0 Å². The minimum atomic E-state index is -0.616. The molecular weight excluding hydrogens is 133 g/mol. The second-order valence-corrected chi connectivity index (χ2v) is 3.46. The summed E-state index contributed by atoms with van der Waals surface area (Å²) < 4.78 is -0.616. The summed E-state index contributed by atoms with van der Waals surface area (Å²) in [5, 5.41) is 2.84. The lowest BCUT2D eigenvalue weighted by Gasteiger charge is -2.10. The van der Waals surface area contributed by atoms with Gasteiger partial charge in [0.15, 0.2) is 0 Å². The maximum Gasteiger partial charge on any atom is 0.127 e. The Labute approximate surface area is 54.0 Å². The van der Waals surface area contributed by atoms with Crippen molar-refractivity contribution >= 4 is 23.2 Å². The van der Waals surface area contributed by atoms with E-state index in [2.05, 4.69) is 5.32 Å². The first-order valence-corrected chi connectivity index (χ1v) is 2.84. The zero-order valence-corrected chi connectivity index (χ0v) is 5.97. The van der Waals surface area contributed by atoms with Gasteiger partial charge in [-0.3, -0.25) is 0 Å². The van der Waals surface area contributed by atoms with E-state index in [9.17, 15) is 0 Å². The summed E-state index contributed by atoms with van der Waals surface area (Å²) in [6.07, 6.45) is 0. The predicted octanol–water partition coefficient (Wildman–Crippen LogP) is 1.40. The second-order valence-electron chi connectivity index (χ2n) is 1.60. The Bertz CT molecular complexity index is 48.1. The van der Waals surface area contributed by atoms with E-state index >= 15 is 0 Å². The van der Waals surface area contributed by atoms with Crippen molar-refractivity contribution in [2.45, 2.75) is 11.3 Å². The molecule has 0 saturated carbocycles. The van der Waals surface area contributed by atoms with E-state index in [0.29, 0.717) is 6.54 Å². The predicted molar refractivity (Wildman–Crippen MR) is 34.0 cm³/mol. The molecule has 0 aromatic rings. The Morgan fingerprint density at radius 3 is 2.00 bits per heavy atom. The number of alkyl halides is 2. The lowest BCUT2D eigenvalue weighted by Crippen LogP contribution is -2.24. The van der Waals surface area contributed by atoms with Crippen LogP contribution >= 0.6 is 23.2 Å². The van der Waals surface area contributed by atoms with E-state index < -0.39 is 4.33 Å². The SMILES string of the molecule is CNCC(C)(Cl)Cl. The minimum absolute atomic E-state index is 0.616. The summed E-state index contributed by atoms with van der Waals surface area (Å²) in [5.74, 6) is 0. The Balaban J connectivity index is 3.15. The summed E-state index contributed by atoms with van der Waals surface area (Å²) in [5.41, 5.74) is 0. The van der Waals surface area contributed by atoms with Gasteiger partial charge in [-0.2, -0.15) is 0 Å². The normalized spacial score (nSPS) is 12.0. The number of halogens is 2. The third kappa shape index (κ3) is 6.54. The highest BCUT2D eigenvalue weighted by Gasteiger charge is 2.12. The van der Waals surface area contributed by atoms with Crippen LogP contribution < -0.4 is 5.32 Å². The fourth-order valence-corrected chi connectivity index (χ4v) is 0.578. The average Bonchev–Trinajstić information content (AvgIpc) is 1.30. The molecule has 0 amide bonds. The Hall–Kier alpha value is 0.540. The average molecular weight is 142 g/mol. The van der Waals surface area contributed by atoms with Gasteiger partial charge in [-0.1, -0.05) is 0 Å². The summed E-state index contributed by atoms with van der Waals surface area (Å²) >= 11 is 11.1. The molecule has 1 nitrogen and oxygen atoms in total. The summed E-state index contributed by atoms with van der Waals surface area (Å²) in [6, 6.07) is 0. The van der Waals surface area contributed by atoms with E-state index in [-0.39, 0.29) is 0 Å². The van der Waals surface area contributed by atoms with Crippen LogP contribution in [0.4, 0.5) is 0 Å². The van der Waals surface area contributed by atoms with Crippen LogP contribution in [0.25, 0.3) is 0 Å². The van der Waals surface area contributed by atoms with Gasteiger partial charge in [0.25, 0.3) is 0 Å². The van der Waals surface area contributed by atoms with Crippen molar-refractivity contribution in [1.29, 1.82) is 0 Å². The highest BCUT2D eigenvalue weighted by Crippen LogP contribution is 2.16. The summed E-state index contributed by atoms with van der Waals surface area (Å²) in [4.78, 5) is 0. The van der Waals surface area contributed by atoms with Crippen molar-refractivity contribution in [3.63, 3.8) is 0 Å². The quantitative estimate of drug-likeness (QED) is 0.574. The van der Waals surface area contributed by atoms with Crippen LogP contribution in [0.1, 0.15) is 6.92 Å². The van der Waals surface area contributed by atoms with Gasteiger partial charge in [0.1, 0.15) is 4.33 Å². The molecular formula is C4H9Cl2N. The molecule has 0 aromatic carbocycles. The van der Waals surface area contributed by atoms with Crippen molar-refractivity contribution in [2.24, 2.45) is 0 Å². The third-order valence-electron chi connectivity index (χ3n) is 0.487. The van der Waals surface area contributed by atoms with Crippen LogP contribution in [-0.2, 0) is 0 Å². The van der Waals surface area contributed by atoms with Crippen molar-refractivity contribution in [1.82, 2.24) is 5.32 Å². The minimum Gasteiger partial charge on any atom is -0.317 e. The van der Waals surface area contributed by atoms with Gasteiger partial charge in [-0.25, -0.2) is 0 Å². The van der Waals surface area contributed by atoms with E-state index in [0.717, 1.165) is 0 Å². The molecule has 0 saturated heterocycles. The second kappa shape index (κ2) is 2.75. The number of nitrogens with one attached hydrogen (secondary N) is 1. The molecule has 0 heterocycles. The van der Waals surface area contributed by atoms with Gasteiger partial charge in [0, 0.05) is 6.54 Å². The number of hydrogen-bond acceptors (Lipinski definition) is 1. The first-order chi connectivity index (χ1) is 3.06. The Kier molecular flexibility index (Phi) is 2.96. The maximum absolute atomic E-state index is 5.54. The Morgan fingerprint density at radius 1 is 1.57 bits per heavy atom. The molecule has 7 heavy (non-hydrogen) atoms. The highest BCUT2D eigenvalue weighted by atomic mass is 35.5. The van der Waals surface area contributed by atoms with Crippen molar-refractivity contribution < 1.29 is 0 Å². The van der Waals surface area contributed by atoms with E-state index in [1.54, 1.807) is 6.92 Å². The monoisotopic (exact) mass is 141 g/mol. The van der Waals surface area contributed by atoms with Crippen molar-refractivity contribution in [3.05, 3.63) is 0 Å². The van der Waals surface area contributed by atoms with Gasteiger partial charge < -0.3 is 5.32 Å². The van der Waals surface area contributed by atoms with Crippen molar-refractivity contribution in [2.75, 3.05) is 13.6 Å². The summed E-state index contributed by atoms with van der Waals surface area (Å²) in [6.45, 7) is 2.36. The van der Waals surface area contributed by atoms with E-state index in [4.69, 9.17) is 23.2 Å². The van der Waals surface area contributed by atoms with E-state index in [1.165, 1.54) is 0 Å². The van der Waals surface area contributed by atoms with Crippen LogP contribution in [0.5, 0.6) is 0 Å². The van der Waals surface area contributed by atoms with Crippen molar-refractivity contribution in [3.8, 4) is 0 Å². The lowest BCUT2D eigenvalue weighted by atomic mass is 10.5. The molecule has 0 aromatic heterocycles. The molecule has 0 fully saturated rings. The molecule has 0 aliphatic carbocycles. The van der Waals surface area contributed by atoms with Gasteiger partial charge in [0.05, 0.1) is 0 Å². The van der Waals surface area contributed by atoms with Gasteiger partial charge in [-0.05, 0) is 14.0 Å². The lowest BCUT2D eigenvalue weighted by molar-refractivity contribution is 0.735. The highest BCUT2D eigenvalue weighted by molar-refractivity contribution is 6.48. The van der Waals surface area contributed by atoms with Crippen LogP contribution in [0.15, 0.2) is 0 Å². The van der Waals surface area contributed by atoms with Crippen LogP contribution in [0.2, 0.25) is 0 Å². The van der Waals surface area contributed by atoms with Crippen LogP contribution in [0.3, 0.4) is 0 Å². The molecule has 0 atom stereocenters. The van der Waals surface area contributed by atoms with E-state index in [1.807, 2.05) is 7.05 Å². The van der Waals surface area contributed by atoms with Gasteiger partial charge >= 0.3 is 0 Å². The van der Waals surface area contributed by atoms with Gasteiger partial charge in [0.2, 0.25) is 0 Å². The molecule has 3 heteroatoms. The molecule has 1 N–H and O–H groups in total. The smallest absolute Gasteiger partial charge is 0.127 e. The molecule has 0 bridgehead atoms. The maximum atomic E-state index is 5.54. The first kappa shape index (κ1) is 7.54. The molecule has 0 aliphatic rings. The largest absolute Gasteiger partial charge is 0.317 e. The zero-order chi connectivity index (χ0) is 5.91. The Morgan fingerprint density at radius 2 is 2.00 bits per heavy atom. The molecule has 0 aliphatic heterocycles. The molecule has 0 spiro atoms. The molecule has 0 radical (unpaired) electrons. The molecule has 0 rings (SSSR count). The van der Waals surface area contributed by atoms with Gasteiger partial charge in [-0.15, -0.1) is 23.2 Å². The first-order valence-electron chi connectivity index (χ1n) is 2.09. The number of rotatable bonds is 2. The fourth-order valence-electron chi connectivity index (χ4n) is 0.310. The van der Waals surface area contributed by atoms with Crippen LogP contribution in [-0.4, -0.2) is 17.9 Å². The standard InChI is InChI=1S/C4H9Cl2N/c1-4(5,6)3-7-2/h7H,3H2,1-2H3. The third-order valence-corrected chi connectivity index (χ3v) is 0.754. The summed E-state index contributed by atoms with van der Waals surface area (Å²) in [7, 11) is 1.81. The number of hydrogen-bond donors (Lipinski definition) is 1. The fraction of sp³-hybridized carbons (Fsp3) is 1.00. The molecule has 0 unspecified atom stereocenters. The molecule has 44 valence electrons. The topological polar surface area (TPSA) is 12.0 Å².